The molecule has 0 aromatic heterocycles. The molecule has 1 aromatic carbocycles. The van der Waals surface area contributed by atoms with Gasteiger partial charge in [-0.05, 0) is 30.2 Å². The Morgan fingerprint density at radius 3 is 2.12 bits per heavy atom. The first-order valence-corrected chi connectivity index (χ1v) is 7.06. The first-order chi connectivity index (χ1) is 7.93. The predicted molar refractivity (Wildman–Crippen MR) is 67.9 cm³/mol. The van der Waals surface area contributed by atoms with E-state index in [1.807, 2.05) is 13.8 Å². The van der Waals surface area contributed by atoms with Gasteiger partial charge in [-0.3, -0.25) is 0 Å². The molecule has 1 rings (SSSR count). The fourth-order valence-corrected chi connectivity index (χ4v) is 3.53. The van der Waals surface area contributed by atoms with Gasteiger partial charge in [0.25, 0.3) is 0 Å². The summed E-state index contributed by atoms with van der Waals surface area (Å²) in [7, 11) is -1.81. The molecule has 5 heteroatoms. The number of ether oxygens (including phenoxy) is 1. The first-order valence-electron chi connectivity index (χ1n) is 5.51. The van der Waals surface area contributed by atoms with E-state index in [9.17, 15) is 8.42 Å². The number of hydrogen-bond donors (Lipinski definition) is 1. The van der Waals surface area contributed by atoms with E-state index in [-0.39, 0.29) is 12.5 Å². The van der Waals surface area contributed by atoms with Gasteiger partial charge in [-0.25, -0.2) is 8.42 Å². The van der Waals surface area contributed by atoms with Crippen molar-refractivity contribution in [3.8, 4) is 5.75 Å². The minimum Gasteiger partial charge on any atom is -0.497 e. The van der Waals surface area contributed by atoms with Crippen molar-refractivity contribution in [2.45, 2.75) is 24.0 Å². The fraction of sp³-hybridized carbons (Fsp3) is 0.500. The quantitative estimate of drug-likeness (QED) is 0.867. The molecule has 4 nitrogen and oxygen atoms in total. The van der Waals surface area contributed by atoms with Gasteiger partial charge in [0.2, 0.25) is 0 Å². The van der Waals surface area contributed by atoms with Gasteiger partial charge in [-0.1, -0.05) is 13.8 Å². The Kier molecular flexibility index (Phi) is 4.54. The van der Waals surface area contributed by atoms with Crippen LogP contribution in [0.15, 0.2) is 29.2 Å². The number of hydrogen-bond acceptors (Lipinski definition) is 4. The van der Waals surface area contributed by atoms with Crippen LogP contribution in [0.2, 0.25) is 0 Å². The summed E-state index contributed by atoms with van der Waals surface area (Å²) in [6.07, 6.45) is 0. The maximum atomic E-state index is 12.3. The van der Waals surface area contributed by atoms with Crippen LogP contribution < -0.4 is 10.5 Å². The third-order valence-electron chi connectivity index (χ3n) is 2.76. The molecule has 0 radical (unpaired) electrons. The van der Waals surface area contributed by atoms with E-state index in [0.717, 1.165) is 0 Å². The molecule has 0 aliphatic carbocycles. The van der Waals surface area contributed by atoms with E-state index in [4.69, 9.17) is 10.5 Å². The molecule has 0 amide bonds. The molecule has 2 N–H and O–H groups in total. The molecule has 0 spiro atoms. The molecule has 0 aliphatic heterocycles. The number of nitrogens with two attached hydrogens (primary N) is 1. The third-order valence-corrected chi connectivity index (χ3v) is 5.23. The van der Waals surface area contributed by atoms with Gasteiger partial charge in [0.1, 0.15) is 5.75 Å². The molecule has 0 fully saturated rings. The molecule has 96 valence electrons. The van der Waals surface area contributed by atoms with Crippen molar-refractivity contribution >= 4 is 9.84 Å². The largest absolute Gasteiger partial charge is 0.497 e. The number of sulfone groups is 1. The Morgan fingerprint density at radius 2 is 1.76 bits per heavy atom. The fourth-order valence-electron chi connectivity index (χ4n) is 1.70. The lowest BCUT2D eigenvalue weighted by molar-refractivity contribution is 0.414. The molecule has 0 saturated heterocycles. The average Bonchev–Trinajstić information content (AvgIpc) is 2.29. The molecule has 17 heavy (non-hydrogen) atoms. The van der Waals surface area contributed by atoms with Crippen LogP contribution in [0, 0.1) is 5.92 Å². The summed E-state index contributed by atoms with van der Waals surface area (Å²) in [5, 5.41) is -0.545. The highest BCUT2D eigenvalue weighted by Gasteiger charge is 2.28. The van der Waals surface area contributed by atoms with E-state index in [0.29, 0.717) is 10.6 Å². The summed E-state index contributed by atoms with van der Waals surface area (Å²) in [6.45, 7) is 3.85. The molecule has 0 aliphatic rings. The van der Waals surface area contributed by atoms with Gasteiger partial charge in [0.15, 0.2) is 9.84 Å². The van der Waals surface area contributed by atoms with E-state index in [1.165, 1.54) is 0 Å². The van der Waals surface area contributed by atoms with Crippen molar-refractivity contribution in [2.24, 2.45) is 11.7 Å². The standard InChI is InChI=1S/C12H19NO3S/c1-9(2)12(8-13)17(14,15)11-6-4-10(16-3)5-7-11/h4-7,9,12H,8,13H2,1-3H3. The van der Waals surface area contributed by atoms with Crippen molar-refractivity contribution in [3.05, 3.63) is 24.3 Å². The number of rotatable bonds is 5. The van der Waals surface area contributed by atoms with Gasteiger partial charge >= 0.3 is 0 Å². The van der Waals surface area contributed by atoms with E-state index in [2.05, 4.69) is 0 Å². The molecule has 1 unspecified atom stereocenters. The zero-order valence-corrected chi connectivity index (χ0v) is 11.2. The van der Waals surface area contributed by atoms with E-state index in [1.54, 1.807) is 31.4 Å². The first kappa shape index (κ1) is 14.0. The molecular weight excluding hydrogens is 238 g/mol. The molecule has 0 saturated carbocycles. The summed E-state index contributed by atoms with van der Waals surface area (Å²) in [5.74, 6) is 0.630. The van der Waals surface area contributed by atoms with Gasteiger partial charge in [0.05, 0.1) is 17.3 Å². The lowest BCUT2D eigenvalue weighted by atomic mass is 10.1. The Morgan fingerprint density at radius 1 is 1.24 bits per heavy atom. The van der Waals surface area contributed by atoms with Gasteiger partial charge in [0, 0.05) is 6.54 Å². The summed E-state index contributed by atoms with van der Waals surface area (Å²) in [4.78, 5) is 0.294. The van der Waals surface area contributed by atoms with Crippen LogP contribution >= 0.6 is 0 Å². The zero-order valence-electron chi connectivity index (χ0n) is 10.4. The Balaban J connectivity index is 3.11. The number of benzene rings is 1. The normalized spacial score (nSPS) is 13.7. The van der Waals surface area contributed by atoms with E-state index < -0.39 is 15.1 Å². The smallest absolute Gasteiger partial charge is 0.182 e. The molecule has 1 aromatic rings. The maximum absolute atomic E-state index is 12.3. The second-order valence-corrected chi connectivity index (χ2v) is 6.41. The average molecular weight is 257 g/mol. The van der Waals surface area contributed by atoms with Crippen LogP contribution in [0.3, 0.4) is 0 Å². The van der Waals surface area contributed by atoms with Gasteiger partial charge in [-0.2, -0.15) is 0 Å². The molecule has 0 heterocycles. The minimum absolute atomic E-state index is 0.00731. The molecule has 1 atom stereocenters. The lowest BCUT2D eigenvalue weighted by Crippen LogP contribution is -2.34. The Labute approximate surface area is 103 Å². The lowest BCUT2D eigenvalue weighted by Gasteiger charge is -2.19. The van der Waals surface area contributed by atoms with Crippen LogP contribution in [-0.2, 0) is 9.84 Å². The highest BCUT2D eigenvalue weighted by molar-refractivity contribution is 7.92. The maximum Gasteiger partial charge on any atom is 0.182 e. The Hall–Kier alpha value is -1.07. The van der Waals surface area contributed by atoms with Gasteiger partial charge in [-0.15, -0.1) is 0 Å². The van der Waals surface area contributed by atoms with Crippen molar-refractivity contribution in [1.82, 2.24) is 0 Å². The minimum atomic E-state index is -3.36. The highest BCUT2D eigenvalue weighted by atomic mass is 32.2. The Bertz CT molecular complexity index is 451. The third kappa shape index (κ3) is 2.98. The second-order valence-electron chi connectivity index (χ2n) is 4.24. The number of methoxy groups -OCH3 is 1. The highest BCUT2D eigenvalue weighted by Crippen LogP contribution is 2.23. The van der Waals surface area contributed by atoms with Crippen LogP contribution in [0.1, 0.15) is 13.8 Å². The van der Waals surface area contributed by atoms with Crippen LogP contribution in [0.25, 0.3) is 0 Å². The van der Waals surface area contributed by atoms with Crippen molar-refractivity contribution in [2.75, 3.05) is 13.7 Å². The second kappa shape index (κ2) is 5.51. The van der Waals surface area contributed by atoms with Crippen LogP contribution in [0.5, 0.6) is 5.75 Å². The summed E-state index contributed by atoms with van der Waals surface area (Å²) < 4.78 is 29.6. The molecular formula is C12H19NO3S. The summed E-state index contributed by atoms with van der Waals surface area (Å²) in [5.41, 5.74) is 5.55. The molecule has 0 bridgehead atoms. The summed E-state index contributed by atoms with van der Waals surface area (Å²) in [6, 6.07) is 6.39. The van der Waals surface area contributed by atoms with Crippen LogP contribution in [0.4, 0.5) is 0 Å². The predicted octanol–water partition coefficient (Wildman–Crippen LogP) is 1.45. The van der Waals surface area contributed by atoms with Crippen molar-refractivity contribution < 1.29 is 13.2 Å². The van der Waals surface area contributed by atoms with Crippen molar-refractivity contribution in [1.29, 1.82) is 0 Å². The summed E-state index contributed by atoms with van der Waals surface area (Å²) >= 11 is 0. The monoisotopic (exact) mass is 257 g/mol. The SMILES string of the molecule is COc1ccc(S(=O)(=O)C(CN)C(C)C)cc1. The van der Waals surface area contributed by atoms with Crippen molar-refractivity contribution in [3.63, 3.8) is 0 Å². The van der Waals surface area contributed by atoms with Gasteiger partial charge < -0.3 is 10.5 Å². The zero-order chi connectivity index (χ0) is 13.1. The topological polar surface area (TPSA) is 69.4 Å². The van der Waals surface area contributed by atoms with Crippen LogP contribution in [-0.4, -0.2) is 27.3 Å². The van der Waals surface area contributed by atoms with E-state index >= 15 is 0 Å².